The molecule has 1 aromatic heterocycles. The molecule has 2 amide bonds. The monoisotopic (exact) mass is 422 g/mol. The minimum absolute atomic E-state index is 0.0159. The molecule has 4 rings (SSSR count). The van der Waals surface area contributed by atoms with Crippen LogP contribution in [0.1, 0.15) is 40.2 Å². The number of hydrogen-bond donors (Lipinski definition) is 1. The van der Waals surface area contributed by atoms with E-state index in [9.17, 15) is 9.59 Å². The topological polar surface area (TPSA) is 67.2 Å². The highest BCUT2D eigenvalue weighted by Gasteiger charge is 2.26. The molecule has 1 aliphatic heterocycles. The molecule has 6 nitrogen and oxygen atoms in total. The van der Waals surface area contributed by atoms with Crippen LogP contribution in [0, 0.1) is 13.8 Å². The highest BCUT2D eigenvalue weighted by molar-refractivity contribution is 6.31. The van der Waals surface area contributed by atoms with Gasteiger partial charge in [-0.2, -0.15) is 5.10 Å². The summed E-state index contributed by atoms with van der Waals surface area (Å²) in [5, 5.41) is 8.11. The molecule has 1 aliphatic rings. The molecule has 7 heteroatoms. The van der Waals surface area contributed by atoms with E-state index >= 15 is 0 Å². The molecular formula is C23H23ClN4O2. The first-order chi connectivity index (χ1) is 14.5. The van der Waals surface area contributed by atoms with Gasteiger partial charge in [0.05, 0.1) is 22.6 Å². The largest absolute Gasteiger partial charge is 0.348 e. The van der Waals surface area contributed by atoms with Gasteiger partial charge in [0.2, 0.25) is 5.91 Å². The third-order valence-electron chi connectivity index (χ3n) is 5.44. The SMILES string of the molecule is Cc1nn(-c2ccccc2)c(C)c1CNC(=O)c1ccc(Cl)cc1N1CCCC1=O. The number of rotatable bonds is 5. The lowest BCUT2D eigenvalue weighted by Crippen LogP contribution is -2.29. The van der Waals surface area contributed by atoms with E-state index < -0.39 is 0 Å². The number of hydrogen-bond acceptors (Lipinski definition) is 3. The summed E-state index contributed by atoms with van der Waals surface area (Å²) >= 11 is 6.14. The number of carbonyl (C=O) groups is 2. The van der Waals surface area contributed by atoms with Crippen molar-refractivity contribution in [3.63, 3.8) is 0 Å². The number of aromatic nitrogens is 2. The lowest BCUT2D eigenvalue weighted by molar-refractivity contribution is -0.117. The zero-order valence-electron chi connectivity index (χ0n) is 17.0. The second-order valence-corrected chi connectivity index (χ2v) is 7.83. The van der Waals surface area contributed by atoms with Crippen molar-refractivity contribution in [2.45, 2.75) is 33.2 Å². The van der Waals surface area contributed by atoms with Crippen LogP contribution in [0.5, 0.6) is 0 Å². The van der Waals surface area contributed by atoms with Crippen molar-refractivity contribution in [2.75, 3.05) is 11.4 Å². The molecule has 154 valence electrons. The Kier molecular flexibility index (Phi) is 5.59. The molecule has 1 N–H and O–H groups in total. The lowest BCUT2D eigenvalue weighted by Gasteiger charge is -2.20. The predicted octanol–water partition coefficient (Wildman–Crippen LogP) is 4.20. The van der Waals surface area contributed by atoms with E-state index in [2.05, 4.69) is 10.4 Å². The smallest absolute Gasteiger partial charge is 0.253 e. The summed E-state index contributed by atoms with van der Waals surface area (Å²) in [6.45, 7) is 4.87. The number of anilines is 1. The van der Waals surface area contributed by atoms with E-state index in [-0.39, 0.29) is 11.8 Å². The molecule has 2 heterocycles. The van der Waals surface area contributed by atoms with Crippen molar-refractivity contribution in [3.05, 3.63) is 76.1 Å². The summed E-state index contributed by atoms with van der Waals surface area (Å²) in [6, 6.07) is 14.9. The minimum Gasteiger partial charge on any atom is -0.348 e. The second-order valence-electron chi connectivity index (χ2n) is 7.39. The highest BCUT2D eigenvalue weighted by Crippen LogP contribution is 2.29. The molecule has 0 unspecified atom stereocenters. The van der Waals surface area contributed by atoms with Crippen LogP contribution in [0.2, 0.25) is 5.02 Å². The van der Waals surface area contributed by atoms with Gasteiger partial charge in [0, 0.05) is 35.8 Å². The van der Waals surface area contributed by atoms with Crippen LogP contribution >= 0.6 is 11.6 Å². The number of nitrogens with one attached hydrogen (secondary N) is 1. The van der Waals surface area contributed by atoms with Crippen LogP contribution in [0.3, 0.4) is 0 Å². The first-order valence-corrected chi connectivity index (χ1v) is 10.3. The van der Waals surface area contributed by atoms with Crippen LogP contribution in [0.25, 0.3) is 5.69 Å². The van der Waals surface area contributed by atoms with Gasteiger partial charge in [0.1, 0.15) is 0 Å². The average molecular weight is 423 g/mol. The molecule has 0 atom stereocenters. The fraction of sp³-hybridized carbons (Fsp3) is 0.261. The Labute approximate surface area is 180 Å². The van der Waals surface area contributed by atoms with E-state index in [0.717, 1.165) is 29.1 Å². The molecule has 3 aromatic rings. The first kappa shape index (κ1) is 20.2. The summed E-state index contributed by atoms with van der Waals surface area (Å²) in [6.07, 6.45) is 1.27. The lowest BCUT2D eigenvalue weighted by atomic mass is 10.1. The van der Waals surface area contributed by atoms with Gasteiger partial charge in [-0.1, -0.05) is 29.8 Å². The number of amides is 2. The van der Waals surface area contributed by atoms with Crippen LogP contribution in [-0.2, 0) is 11.3 Å². The third-order valence-corrected chi connectivity index (χ3v) is 5.67. The number of benzene rings is 2. The van der Waals surface area contributed by atoms with Gasteiger partial charge in [-0.15, -0.1) is 0 Å². The zero-order valence-corrected chi connectivity index (χ0v) is 17.7. The Hall–Kier alpha value is -3.12. The Bertz CT molecular complexity index is 1110. The van der Waals surface area contributed by atoms with Gasteiger partial charge in [0.15, 0.2) is 0 Å². The number of carbonyl (C=O) groups excluding carboxylic acids is 2. The maximum absolute atomic E-state index is 13.0. The van der Waals surface area contributed by atoms with E-state index in [1.54, 1.807) is 23.1 Å². The normalized spacial score (nSPS) is 13.7. The number of nitrogens with zero attached hydrogens (tertiary/aromatic N) is 3. The van der Waals surface area contributed by atoms with E-state index in [4.69, 9.17) is 11.6 Å². The molecule has 2 aromatic carbocycles. The summed E-state index contributed by atoms with van der Waals surface area (Å²) in [7, 11) is 0. The summed E-state index contributed by atoms with van der Waals surface area (Å²) in [4.78, 5) is 26.8. The Morgan fingerprint density at radius 2 is 1.93 bits per heavy atom. The van der Waals surface area contributed by atoms with Gasteiger partial charge in [-0.25, -0.2) is 4.68 Å². The highest BCUT2D eigenvalue weighted by atomic mass is 35.5. The second kappa shape index (κ2) is 8.32. The van der Waals surface area contributed by atoms with Crippen molar-refractivity contribution >= 4 is 29.1 Å². The number of para-hydroxylation sites is 1. The Morgan fingerprint density at radius 3 is 2.63 bits per heavy atom. The molecule has 0 radical (unpaired) electrons. The molecule has 0 bridgehead atoms. The molecule has 30 heavy (non-hydrogen) atoms. The Balaban J connectivity index is 1.57. The van der Waals surface area contributed by atoms with E-state index in [1.165, 1.54) is 0 Å². The van der Waals surface area contributed by atoms with E-state index in [0.29, 0.717) is 35.8 Å². The molecule has 0 spiro atoms. The van der Waals surface area contributed by atoms with Gasteiger partial charge in [-0.05, 0) is 50.6 Å². The maximum atomic E-state index is 13.0. The number of halogens is 1. The third kappa shape index (κ3) is 3.83. The quantitative estimate of drug-likeness (QED) is 0.670. The summed E-state index contributed by atoms with van der Waals surface area (Å²) in [5.41, 5.74) is 4.80. The fourth-order valence-electron chi connectivity index (χ4n) is 3.84. The molecule has 1 fully saturated rings. The standard InChI is InChI=1S/C23H23ClN4O2/c1-15-20(16(2)28(26-15)18-7-4-3-5-8-18)14-25-23(30)19-11-10-17(24)13-21(19)27-12-6-9-22(27)29/h3-5,7-8,10-11,13H,6,9,12,14H2,1-2H3,(H,25,30). The first-order valence-electron chi connectivity index (χ1n) is 9.94. The van der Waals surface area contributed by atoms with Gasteiger partial charge in [-0.3, -0.25) is 9.59 Å². The average Bonchev–Trinajstić information content (AvgIpc) is 3.29. The molecule has 0 saturated carbocycles. The van der Waals surface area contributed by atoms with Crippen LogP contribution in [-0.4, -0.2) is 28.1 Å². The van der Waals surface area contributed by atoms with Gasteiger partial charge >= 0.3 is 0 Å². The van der Waals surface area contributed by atoms with E-state index in [1.807, 2.05) is 48.9 Å². The molecular weight excluding hydrogens is 400 g/mol. The maximum Gasteiger partial charge on any atom is 0.253 e. The van der Waals surface area contributed by atoms with Crippen LogP contribution in [0.15, 0.2) is 48.5 Å². The van der Waals surface area contributed by atoms with Crippen LogP contribution < -0.4 is 10.2 Å². The van der Waals surface area contributed by atoms with Crippen molar-refractivity contribution in [2.24, 2.45) is 0 Å². The number of aryl methyl sites for hydroxylation is 1. The fourth-order valence-corrected chi connectivity index (χ4v) is 4.00. The van der Waals surface area contributed by atoms with Crippen molar-refractivity contribution < 1.29 is 9.59 Å². The van der Waals surface area contributed by atoms with Gasteiger partial charge < -0.3 is 10.2 Å². The Morgan fingerprint density at radius 1 is 1.17 bits per heavy atom. The van der Waals surface area contributed by atoms with Crippen LogP contribution in [0.4, 0.5) is 5.69 Å². The summed E-state index contributed by atoms with van der Waals surface area (Å²) in [5.74, 6) is -0.227. The van der Waals surface area contributed by atoms with Gasteiger partial charge in [0.25, 0.3) is 5.91 Å². The summed E-state index contributed by atoms with van der Waals surface area (Å²) < 4.78 is 1.88. The predicted molar refractivity (Wildman–Crippen MR) is 117 cm³/mol. The van der Waals surface area contributed by atoms with Crippen molar-refractivity contribution in [1.82, 2.24) is 15.1 Å². The van der Waals surface area contributed by atoms with Crippen molar-refractivity contribution in [3.8, 4) is 5.69 Å². The molecule has 1 saturated heterocycles. The van der Waals surface area contributed by atoms with Crippen molar-refractivity contribution in [1.29, 1.82) is 0 Å². The zero-order chi connectivity index (χ0) is 21.3. The minimum atomic E-state index is -0.243. The molecule has 0 aliphatic carbocycles.